The standard InChI is InChI=1S/C13H13N3O/c1-8(2)12-11-9(13(17)15-14-12)7-16-6-4-3-5-10(11)16/h3-8H,1-2H3,(H,15,17). The number of aromatic nitrogens is 3. The van der Waals surface area contributed by atoms with E-state index < -0.39 is 0 Å². The number of nitrogens with one attached hydrogen (secondary N) is 1. The summed E-state index contributed by atoms with van der Waals surface area (Å²) < 4.78 is 1.97. The zero-order valence-corrected chi connectivity index (χ0v) is 9.77. The van der Waals surface area contributed by atoms with Crippen LogP contribution in [-0.2, 0) is 0 Å². The monoisotopic (exact) mass is 227 g/mol. The lowest BCUT2D eigenvalue weighted by molar-refractivity contribution is 0.794. The van der Waals surface area contributed by atoms with Crippen LogP contribution >= 0.6 is 0 Å². The molecule has 3 heterocycles. The van der Waals surface area contributed by atoms with Gasteiger partial charge in [-0.05, 0) is 18.1 Å². The van der Waals surface area contributed by atoms with Gasteiger partial charge in [-0.25, -0.2) is 5.10 Å². The maximum atomic E-state index is 11.8. The highest BCUT2D eigenvalue weighted by atomic mass is 16.1. The Hall–Kier alpha value is -2.10. The van der Waals surface area contributed by atoms with E-state index in [1.54, 1.807) is 0 Å². The molecule has 0 saturated carbocycles. The third-order valence-electron chi connectivity index (χ3n) is 3.01. The van der Waals surface area contributed by atoms with Gasteiger partial charge < -0.3 is 4.40 Å². The second kappa shape index (κ2) is 3.45. The Morgan fingerprint density at radius 1 is 1.35 bits per heavy atom. The van der Waals surface area contributed by atoms with Gasteiger partial charge in [0, 0.05) is 17.8 Å². The van der Waals surface area contributed by atoms with Crippen LogP contribution in [0.1, 0.15) is 25.5 Å². The molecule has 4 nitrogen and oxygen atoms in total. The van der Waals surface area contributed by atoms with Crippen molar-refractivity contribution in [3.63, 3.8) is 0 Å². The first-order valence-electron chi connectivity index (χ1n) is 5.66. The first-order valence-corrected chi connectivity index (χ1v) is 5.66. The van der Waals surface area contributed by atoms with Crippen LogP contribution in [0.2, 0.25) is 0 Å². The largest absolute Gasteiger partial charge is 0.322 e. The normalized spacial score (nSPS) is 11.7. The van der Waals surface area contributed by atoms with Crippen molar-refractivity contribution >= 4 is 16.3 Å². The Bertz CT molecular complexity index is 752. The van der Waals surface area contributed by atoms with Crippen molar-refractivity contribution in [2.24, 2.45) is 0 Å². The van der Waals surface area contributed by atoms with Gasteiger partial charge in [0.25, 0.3) is 5.56 Å². The van der Waals surface area contributed by atoms with Gasteiger partial charge in [-0.3, -0.25) is 4.79 Å². The summed E-state index contributed by atoms with van der Waals surface area (Å²) in [6.45, 7) is 4.15. The van der Waals surface area contributed by atoms with Gasteiger partial charge in [-0.1, -0.05) is 19.9 Å². The lowest BCUT2D eigenvalue weighted by Crippen LogP contribution is -2.10. The molecule has 86 valence electrons. The topological polar surface area (TPSA) is 50.2 Å². The summed E-state index contributed by atoms with van der Waals surface area (Å²) in [4.78, 5) is 11.8. The van der Waals surface area contributed by atoms with E-state index in [9.17, 15) is 4.79 Å². The van der Waals surface area contributed by atoms with E-state index in [0.29, 0.717) is 5.39 Å². The predicted octanol–water partition coefficient (Wildman–Crippen LogP) is 2.30. The summed E-state index contributed by atoms with van der Waals surface area (Å²) in [6.07, 6.45) is 3.80. The van der Waals surface area contributed by atoms with Crippen molar-refractivity contribution in [3.05, 3.63) is 46.6 Å². The predicted molar refractivity (Wildman–Crippen MR) is 67.4 cm³/mol. The minimum atomic E-state index is -0.131. The summed E-state index contributed by atoms with van der Waals surface area (Å²) >= 11 is 0. The molecule has 4 heteroatoms. The van der Waals surface area contributed by atoms with Crippen LogP contribution in [0.3, 0.4) is 0 Å². The molecule has 0 fully saturated rings. The molecule has 0 aliphatic heterocycles. The van der Waals surface area contributed by atoms with Gasteiger partial charge in [-0.2, -0.15) is 5.10 Å². The lowest BCUT2D eigenvalue weighted by Gasteiger charge is -2.05. The Balaban J connectivity index is 2.61. The highest BCUT2D eigenvalue weighted by Gasteiger charge is 2.14. The molecule has 0 unspecified atom stereocenters. The van der Waals surface area contributed by atoms with E-state index in [4.69, 9.17) is 0 Å². The van der Waals surface area contributed by atoms with E-state index in [1.807, 2.05) is 35.0 Å². The second-order valence-electron chi connectivity index (χ2n) is 4.50. The molecule has 3 aromatic heterocycles. The van der Waals surface area contributed by atoms with Crippen LogP contribution in [0.5, 0.6) is 0 Å². The summed E-state index contributed by atoms with van der Waals surface area (Å²) in [5.41, 5.74) is 1.84. The van der Waals surface area contributed by atoms with Crippen LogP contribution in [0.4, 0.5) is 0 Å². The smallest absolute Gasteiger partial charge is 0.273 e. The van der Waals surface area contributed by atoms with Gasteiger partial charge in [0.2, 0.25) is 0 Å². The molecule has 0 aromatic carbocycles. The number of hydrogen-bond acceptors (Lipinski definition) is 2. The second-order valence-corrected chi connectivity index (χ2v) is 4.50. The summed E-state index contributed by atoms with van der Waals surface area (Å²) in [6, 6.07) is 5.93. The van der Waals surface area contributed by atoms with Crippen molar-refractivity contribution in [1.82, 2.24) is 14.6 Å². The molecule has 0 aliphatic rings. The van der Waals surface area contributed by atoms with Gasteiger partial charge in [0.1, 0.15) is 0 Å². The van der Waals surface area contributed by atoms with E-state index in [2.05, 4.69) is 24.0 Å². The van der Waals surface area contributed by atoms with E-state index in [0.717, 1.165) is 16.6 Å². The summed E-state index contributed by atoms with van der Waals surface area (Å²) in [5.74, 6) is 0.278. The molecule has 3 rings (SSSR count). The molecule has 0 spiro atoms. The van der Waals surface area contributed by atoms with Crippen LogP contribution in [0.15, 0.2) is 35.4 Å². The number of rotatable bonds is 1. The SMILES string of the molecule is CC(C)c1n[nH]c(=O)c2cn3ccccc3c12. The fourth-order valence-electron chi connectivity index (χ4n) is 2.21. The molecular weight excluding hydrogens is 214 g/mol. The van der Waals surface area contributed by atoms with Crippen molar-refractivity contribution < 1.29 is 0 Å². The molecule has 3 aromatic rings. The first kappa shape index (κ1) is 10.1. The maximum Gasteiger partial charge on any atom is 0.273 e. The van der Waals surface area contributed by atoms with Crippen LogP contribution in [-0.4, -0.2) is 14.6 Å². The van der Waals surface area contributed by atoms with Crippen molar-refractivity contribution in [3.8, 4) is 0 Å². The number of aromatic amines is 1. The maximum absolute atomic E-state index is 11.8. The van der Waals surface area contributed by atoms with Crippen molar-refractivity contribution in [2.75, 3.05) is 0 Å². The number of nitrogens with zero attached hydrogens (tertiary/aromatic N) is 2. The first-order chi connectivity index (χ1) is 8.18. The quantitative estimate of drug-likeness (QED) is 0.693. The zero-order valence-electron chi connectivity index (χ0n) is 9.77. The Morgan fingerprint density at radius 2 is 2.18 bits per heavy atom. The highest BCUT2D eigenvalue weighted by Crippen LogP contribution is 2.25. The summed E-state index contributed by atoms with van der Waals surface area (Å²) in [7, 11) is 0. The Kier molecular flexibility index (Phi) is 2.04. The van der Waals surface area contributed by atoms with Gasteiger partial charge in [-0.15, -0.1) is 0 Å². The van der Waals surface area contributed by atoms with Crippen LogP contribution in [0, 0.1) is 0 Å². The summed E-state index contributed by atoms with van der Waals surface area (Å²) in [5, 5.41) is 8.41. The molecule has 17 heavy (non-hydrogen) atoms. The molecule has 0 radical (unpaired) electrons. The van der Waals surface area contributed by atoms with Gasteiger partial charge in [0.15, 0.2) is 0 Å². The number of hydrogen-bond donors (Lipinski definition) is 1. The molecular formula is C13H13N3O. The molecule has 1 N–H and O–H groups in total. The average Bonchev–Trinajstić information content (AvgIpc) is 2.69. The molecule has 0 atom stereocenters. The van der Waals surface area contributed by atoms with Crippen molar-refractivity contribution in [2.45, 2.75) is 19.8 Å². The number of pyridine rings is 1. The molecule has 0 saturated heterocycles. The molecule has 0 aliphatic carbocycles. The number of H-pyrrole nitrogens is 1. The third-order valence-corrected chi connectivity index (χ3v) is 3.01. The zero-order chi connectivity index (χ0) is 12.0. The average molecular weight is 227 g/mol. The van der Waals surface area contributed by atoms with Crippen LogP contribution in [0.25, 0.3) is 16.3 Å². The highest BCUT2D eigenvalue weighted by molar-refractivity contribution is 5.98. The van der Waals surface area contributed by atoms with Crippen LogP contribution < -0.4 is 5.56 Å². The Morgan fingerprint density at radius 3 is 2.94 bits per heavy atom. The van der Waals surface area contributed by atoms with E-state index in [1.165, 1.54) is 0 Å². The van der Waals surface area contributed by atoms with Gasteiger partial charge >= 0.3 is 0 Å². The van der Waals surface area contributed by atoms with Gasteiger partial charge in [0.05, 0.1) is 16.6 Å². The minimum absolute atomic E-state index is 0.131. The van der Waals surface area contributed by atoms with E-state index >= 15 is 0 Å². The minimum Gasteiger partial charge on any atom is -0.322 e. The van der Waals surface area contributed by atoms with E-state index in [-0.39, 0.29) is 11.5 Å². The lowest BCUT2D eigenvalue weighted by atomic mass is 10.1. The number of fused-ring (bicyclic) bond motifs is 3. The fourth-order valence-corrected chi connectivity index (χ4v) is 2.21. The molecule has 0 bridgehead atoms. The fraction of sp³-hybridized carbons (Fsp3) is 0.231. The van der Waals surface area contributed by atoms with Crippen molar-refractivity contribution in [1.29, 1.82) is 0 Å². The Labute approximate surface area is 97.9 Å². The molecule has 0 amide bonds. The third kappa shape index (κ3) is 1.37.